The first-order valence-electron chi connectivity index (χ1n) is 4.29. The Hall–Kier alpha value is -0.790. The first-order valence-corrected chi connectivity index (χ1v) is 4.29. The first-order chi connectivity index (χ1) is 5.38. The highest BCUT2D eigenvalue weighted by molar-refractivity contribution is 5.20. The smallest absolute Gasteiger partial charge is 0.127 e. The molecule has 0 aromatic carbocycles. The molecule has 0 bridgehead atoms. The SMILES string of the molecule is CC.Cc1conc1C1CC1. The number of aromatic nitrogens is 1. The first kappa shape index (κ1) is 8.31. The monoisotopic (exact) mass is 153 g/mol. The Morgan fingerprint density at radius 1 is 1.45 bits per heavy atom. The van der Waals surface area contributed by atoms with Gasteiger partial charge >= 0.3 is 0 Å². The van der Waals surface area contributed by atoms with Crippen LogP contribution >= 0.6 is 0 Å². The van der Waals surface area contributed by atoms with Crippen molar-refractivity contribution in [2.24, 2.45) is 0 Å². The summed E-state index contributed by atoms with van der Waals surface area (Å²) in [6.45, 7) is 6.05. The molecule has 2 nitrogen and oxygen atoms in total. The Bertz CT molecular complexity index is 213. The van der Waals surface area contributed by atoms with Crippen LogP contribution in [0.15, 0.2) is 10.8 Å². The summed E-state index contributed by atoms with van der Waals surface area (Å²) in [5.74, 6) is 0.726. The molecule has 0 radical (unpaired) electrons. The van der Waals surface area contributed by atoms with Crippen LogP contribution in [0.5, 0.6) is 0 Å². The maximum absolute atomic E-state index is 4.80. The average molecular weight is 153 g/mol. The number of aryl methyl sites for hydroxylation is 1. The molecule has 0 atom stereocenters. The average Bonchev–Trinajstić information content (AvgIpc) is 2.80. The highest BCUT2D eigenvalue weighted by atomic mass is 16.5. The van der Waals surface area contributed by atoms with Crippen molar-refractivity contribution in [2.45, 2.75) is 39.5 Å². The zero-order valence-corrected chi connectivity index (χ0v) is 7.42. The Labute approximate surface area is 67.6 Å². The van der Waals surface area contributed by atoms with Crippen LogP contribution in [0.3, 0.4) is 0 Å². The van der Waals surface area contributed by atoms with E-state index >= 15 is 0 Å². The van der Waals surface area contributed by atoms with E-state index in [2.05, 4.69) is 5.16 Å². The van der Waals surface area contributed by atoms with Gasteiger partial charge in [0.1, 0.15) is 6.26 Å². The summed E-state index contributed by atoms with van der Waals surface area (Å²) in [7, 11) is 0. The summed E-state index contributed by atoms with van der Waals surface area (Å²) in [6.07, 6.45) is 4.31. The lowest BCUT2D eigenvalue weighted by Gasteiger charge is -1.85. The van der Waals surface area contributed by atoms with Gasteiger partial charge in [-0.1, -0.05) is 19.0 Å². The minimum absolute atomic E-state index is 0.726. The molecule has 0 aliphatic heterocycles. The number of nitrogens with zero attached hydrogens (tertiary/aromatic N) is 1. The van der Waals surface area contributed by atoms with Crippen molar-refractivity contribution in [3.05, 3.63) is 17.5 Å². The van der Waals surface area contributed by atoms with E-state index in [1.165, 1.54) is 24.1 Å². The van der Waals surface area contributed by atoms with Crippen LogP contribution < -0.4 is 0 Å². The van der Waals surface area contributed by atoms with Crippen molar-refractivity contribution < 1.29 is 4.52 Å². The number of hydrogen-bond acceptors (Lipinski definition) is 2. The van der Waals surface area contributed by atoms with Crippen molar-refractivity contribution in [2.75, 3.05) is 0 Å². The Morgan fingerprint density at radius 2 is 2.09 bits per heavy atom. The van der Waals surface area contributed by atoms with Gasteiger partial charge in [0.25, 0.3) is 0 Å². The Kier molecular flexibility index (Phi) is 2.69. The summed E-state index contributed by atoms with van der Waals surface area (Å²) in [5, 5.41) is 3.90. The van der Waals surface area contributed by atoms with Gasteiger partial charge in [0, 0.05) is 11.5 Å². The summed E-state index contributed by atoms with van der Waals surface area (Å²) in [5.41, 5.74) is 2.38. The zero-order chi connectivity index (χ0) is 8.27. The van der Waals surface area contributed by atoms with E-state index in [4.69, 9.17) is 4.52 Å². The molecule has 1 heterocycles. The van der Waals surface area contributed by atoms with Crippen molar-refractivity contribution in [3.63, 3.8) is 0 Å². The van der Waals surface area contributed by atoms with Crippen LogP contribution in [-0.2, 0) is 0 Å². The molecule has 1 aromatic heterocycles. The maximum atomic E-state index is 4.80. The van der Waals surface area contributed by atoms with E-state index in [1.807, 2.05) is 20.8 Å². The van der Waals surface area contributed by atoms with Gasteiger partial charge in [0.05, 0.1) is 5.69 Å². The molecule has 1 aromatic rings. The van der Waals surface area contributed by atoms with Crippen LogP contribution in [0.2, 0.25) is 0 Å². The third kappa shape index (κ3) is 1.82. The van der Waals surface area contributed by atoms with Gasteiger partial charge in [-0.25, -0.2) is 0 Å². The van der Waals surface area contributed by atoms with Crippen molar-refractivity contribution in [1.29, 1.82) is 0 Å². The fourth-order valence-corrected chi connectivity index (χ4v) is 1.05. The van der Waals surface area contributed by atoms with Gasteiger partial charge < -0.3 is 4.52 Å². The molecule has 2 heteroatoms. The predicted octanol–water partition coefficient (Wildman–Crippen LogP) is 2.89. The topological polar surface area (TPSA) is 26.0 Å². The van der Waals surface area contributed by atoms with E-state index in [0.717, 1.165) is 5.92 Å². The van der Waals surface area contributed by atoms with E-state index in [9.17, 15) is 0 Å². The molecule has 2 rings (SSSR count). The predicted molar refractivity (Wildman–Crippen MR) is 44.6 cm³/mol. The fraction of sp³-hybridized carbons (Fsp3) is 0.667. The van der Waals surface area contributed by atoms with Crippen LogP contribution in [-0.4, -0.2) is 5.16 Å². The molecule has 0 saturated heterocycles. The second-order valence-electron chi connectivity index (χ2n) is 2.66. The molecular formula is C9H15NO. The highest BCUT2D eigenvalue weighted by Gasteiger charge is 2.27. The Balaban J connectivity index is 0.000000281. The lowest BCUT2D eigenvalue weighted by Crippen LogP contribution is -1.79. The molecule has 1 saturated carbocycles. The lowest BCUT2D eigenvalue weighted by atomic mass is 10.2. The van der Waals surface area contributed by atoms with E-state index in [0.29, 0.717) is 0 Å². The molecule has 1 aliphatic carbocycles. The van der Waals surface area contributed by atoms with E-state index in [-0.39, 0.29) is 0 Å². The molecule has 0 unspecified atom stereocenters. The van der Waals surface area contributed by atoms with Crippen molar-refractivity contribution in [1.82, 2.24) is 5.16 Å². The molecule has 1 aliphatic rings. The molecular weight excluding hydrogens is 138 g/mol. The van der Waals surface area contributed by atoms with Gasteiger partial charge in [-0.15, -0.1) is 0 Å². The van der Waals surface area contributed by atoms with Gasteiger partial charge in [-0.05, 0) is 19.8 Å². The highest BCUT2D eigenvalue weighted by Crippen LogP contribution is 2.40. The minimum atomic E-state index is 0.726. The molecule has 0 N–H and O–H groups in total. The quantitative estimate of drug-likeness (QED) is 0.620. The molecule has 0 spiro atoms. The van der Waals surface area contributed by atoms with Gasteiger partial charge in [0.2, 0.25) is 0 Å². The van der Waals surface area contributed by atoms with Crippen LogP contribution in [0.25, 0.3) is 0 Å². The molecule has 1 fully saturated rings. The lowest BCUT2D eigenvalue weighted by molar-refractivity contribution is 0.411. The van der Waals surface area contributed by atoms with Crippen molar-refractivity contribution in [3.8, 4) is 0 Å². The van der Waals surface area contributed by atoms with Crippen LogP contribution in [0.4, 0.5) is 0 Å². The van der Waals surface area contributed by atoms with Gasteiger partial charge in [-0.2, -0.15) is 0 Å². The maximum Gasteiger partial charge on any atom is 0.127 e. The number of rotatable bonds is 1. The zero-order valence-electron chi connectivity index (χ0n) is 7.42. The van der Waals surface area contributed by atoms with Gasteiger partial charge in [-0.3, -0.25) is 0 Å². The third-order valence-electron chi connectivity index (χ3n) is 1.75. The normalized spacial score (nSPS) is 15.5. The van der Waals surface area contributed by atoms with Gasteiger partial charge in [0.15, 0.2) is 0 Å². The number of hydrogen-bond donors (Lipinski definition) is 0. The minimum Gasteiger partial charge on any atom is -0.364 e. The summed E-state index contributed by atoms with van der Waals surface area (Å²) in [6, 6.07) is 0. The second kappa shape index (κ2) is 3.56. The third-order valence-corrected chi connectivity index (χ3v) is 1.75. The standard InChI is InChI=1S/C7H9NO.C2H6/c1-5-4-9-8-7(5)6-2-3-6;1-2/h4,6H,2-3H2,1H3;1-2H3. The second-order valence-corrected chi connectivity index (χ2v) is 2.66. The largest absolute Gasteiger partial charge is 0.364 e. The van der Waals surface area contributed by atoms with Crippen LogP contribution in [0.1, 0.15) is 43.9 Å². The molecule has 62 valence electrons. The van der Waals surface area contributed by atoms with E-state index < -0.39 is 0 Å². The summed E-state index contributed by atoms with van der Waals surface area (Å²) >= 11 is 0. The molecule has 0 amide bonds. The van der Waals surface area contributed by atoms with Crippen LogP contribution in [0, 0.1) is 6.92 Å². The van der Waals surface area contributed by atoms with E-state index in [1.54, 1.807) is 6.26 Å². The summed E-state index contributed by atoms with van der Waals surface area (Å²) < 4.78 is 4.80. The summed E-state index contributed by atoms with van der Waals surface area (Å²) in [4.78, 5) is 0. The Morgan fingerprint density at radius 3 is 2.45 bits per heavy atom. The molecule has 11 heavy (non-hydrogen) atoms. The fourth-order valence-electron chi connectivity index (χ4n) is 1.05. The van der Waals surface area contributed by atoms with Crippen molar-refractivity contribution >= 4 is 0 Å².